The summed E-state index contributed by atoms with van der Waals surface area (Å²) in [4.78, 5) is 44.5. The zero-order chi connectivity index (χ0) is 24.7. The predicted octanol–water partition coefficient (Wildman–Crippen LogP) is 4.75. The Morgan fingerprint density at radius 1 is 1.00 bits per heavy atom. The normalized spacial score (nSPS) is 13.5. The van der Waals surface area contributed by atoms with Crippen molar-refractivity contribution in [3.8, 4) is 0 Å². The number of aromatic nitrogens is 2. The third-order valence-corrected chi connectivity index (χ3v) is 6.68. The number of primary amides is 1. The minimum atomic E-state index is -1.26. The lowest BCUT2D eigenvalue weighted by atomic mass is 9.69. The average molecular weight is 525 g/mol. The molecular weight excluding hydrogens is 500 g/mol. The molecule has 2 aromatic carbocycles. The van der Waals surface area contributed by atoms with Gasteiger partial charge in [-0.25, -0.2) is 4.79 Å². The number of hydrogen-bond acceptors (Lipinski definition) is 4. The molecule has 2 aromatic heterocycles. The summed E-state index contributed by atoms with van der Waals surface area (Å²) in [6.07, 6.45) is 2.30. The number of aromatic amines is 2. The monoisotopic (exact) mass is 524 g/mol. The Bertz CT molecular complexity index is 1420. The van der Waals surface area contributed by atoms with Gasteiger partial charge in [-0.3, -0.25) is 9.59 Å². The van der Waals surface area contributed by atoms with Crippen molar-refractivity contribution in [2.45, 2.75) is 26.3 Å². The predicted molar refractivity (Wildman–Crippen MR) is 133 cm³/mol. The van der Waals surface area contributed by atoms with Crippen LogP contribution in [0, 0.1) is 5.41 Å². The van der Waals surface area contributed by atoms with Crippen LogP contribution in [0.4, 0.5) is 4.79 Å². The lowest BCUT2D eigenvalue weighted by Crippen LogP contribution is -2.59. The number of nitrogens with one attached hydrogen (secondary N) is 3. The average Bonchev–Trinajstić information content (AvgIpc) is 3.39. The van der Waals surface area contributed by atoms with Crippen LogP contribution in [0.25, 0.3) is 21.8 Å². The summed E-state index contributed by atoms with van der Waals surface area (Å²) in [5.41, 5.74) is 5.84. The molecule has 0 saturated carbocycles. The van der Waals surface area contributed by atoms with Gasteiger partial charge in [0.05, 0.1) is 5.56 Å². The van der Waals surface area contributed by atoms with Crippen LogP contribution in [0.5, 0.6) is 0 Å². The van der Waals surface area contributed by atoms with Crippen molar-refractivity contribution in [1.82, 2.24) is 15.3 Å². The van der Waals surface area contributed by atoms with Crippen LogP contribution in [0.2, 0.25) is 0 Å². The molecule has 0 aliphatic carbocycles. The van der Waals surface area contributed by atoms with Gasteiger partial charge in [-0.05, 0) is 23.6 Å². The standard InChI is InChI=1S/C25H25BrN4O4/c1-24(2,3)25(13-34-23(27)33,18-12-29-19-7-5-4-6-16(18)19)30-22(32)21(31)17-11-28-20-10-14(26)8-9-15(17)20/h4-12,28-29H,13H2,1-3H3,(H2,27,33)(H,30,32). The van der Waals surface area contributed by atoms with Gasteiger partial charge in [0.15, 0.2) is 0 Å². The number of fused-ring (bicyclic) bond motifs is 2. The second-order valence-electron chi connectivity index (χ2n) is 9.19. The lowest BCUT2D eigenvalue weighted by molar-refractivity contribution is -0.121. The zero-order valence-electron chi connectivity index (χ0n) is 19.0. The number of H-pyrrole nitrogens is 2. The molecule has 8 nitrogen and oxygen atoms in total. The fraction of sp³-hybridized carbons (Fsp3) is 0.240. The number of halogens is 1. The topological polar surface area (TPSA) is 130 Å². The molecule has 0 aliphatic heterocycles. The highest BCUT2D eigenvalue weighted by Gasteiger charge is 2.48. The maximum absolute atomic E-state index is 13.4. The van der Waals surface area contributed by atoms with E-state index in [4.69, 9.17) is 10.5 Å². The SMILES string of the molecule is CC(C)(C)C(COC(N)=O)(NC(=O)C(=O)c1c[nH]c2cc(Br)ccc12)c1c[nH]c2ccccc12. The molecule has 0 bridgehead atoms. The number of nitrogens with two attached hydrogens (primary N) is 1. The van der Waals surface area contributed by atoms with Crippen molar-refractivity contribution >= 4 is 55.5 Å². The second kappa shape index (κ2) is 8.64. The van der Waals surface area contributed by atoms with Crippen molar-refractivity contribution in [3.05, 3.63) is 70.5 Å². The Hall–Kier alpha value is -3.59. The number of rotatable bonds is 6. The van der Waals surface area contributed by atoms with Crippen molar-refractivity contribution in [3.63, 3.8) is 0 Å². The van der Waals surface area contributed by atoms with Crippen molar-refractivity contribution in [2.24, 2.45) is 11.1 Å². The number of ether oxygens (including phenoxy) is 1. The van der Waals surface area contributed by atoms with E-state index in [0.29, 0.717) is 10.9 Å². The Kier molecular flexibility index (Phi) is 5.99. The molecule has 2 amide bonds. The zero-order valence-corrected chi connectivity index (χ0v) is 20.6. The van der Waals surface area contributed by atoms with E-state index >= 15 is 0 Å². The quantitative estimate of drug-likeness (QED) is 0.214. The van der Waals surface area contributed by atoms with E-state index in [1.165, 1.54) is 6.20 Å². The molecule has 1 unspecified atom stereocenters. The lowest BCUT2D eigenvalue weighted by Gasteiger charge is -2.44. The largest absolute Gasteiger partial charge is 0.447 e. The van der Waals surface area contributed by atoms with Crippen molar-refractivity contribution in [2.75, 3.05) is 6.61 Å². The molecule has 0 aliphatic rings. The highest BCUT2D eigenvalue weighted by molar-refractivity contribution is 9.10. The summed E-state index contributed by atoms with van der Waals surface area (Å²) in [6, 6.07) is 13.0. The summed E-state index contributed by atoms with van der Waals surface area (Å²) in [7, 11) is 0. The fourth-order valence-electron chi connectivity index (χ4n) is 4.25. The second-order valence-corrected chi connectivity index (χ2v) is 10.1. The Morgan fingerprint density at radius 2 is 1.71 bits per heavy atom. The van der Waals surface area contributed by atoms with Gasteiger partial charge in [0.2, 0.25) is 0 Å². The molecule has 34 heavy (non-hydrogen) atoms. The molecule has 9 heteroatoms. The highest BCUT2D eigenvalue weighted by Crippen LogP contribution is 2.43. The van der Waals surface area contributed by atoms with E-state index in [2.05, 4.69) is 31.2 Å². The minimum absolute atomic E-state index is 0.248. The first-order valence-electron chi connectivity index (χ1n) is 10.7. The number of Topliss-reactive ketones (excluding diaryl/α,β-unsaturated/α-hetero) is 1. The summed E-state index contributed by atoms with van der Waals surface area (Å²) >= 11 is 3.40. The first-order chi connectivity index (χ1) is 16.0. The van der Waals surface area contributed by atoms with E-state index in [-0.39, 0.29) is 12.2 Å². The van der Waals surface area contributed by atoms with Crippen LogP contribution >= 0.6 is 15.9 Å². The third-order valence-electron chi connectivity index (χ3n) is 6.18. The number of ketones is 1. The van der Waals surface area contributed by atoms with Gasteiger partial charge in [0, 0.05) is 44.2 Å². The van der Waals surface area contributed by atoms with Crippen LogP contribution in [0.15, 0.2) is 59.3 Å². The fourth-order valence-corrected chi connectivity index (χ4v) is 4.61. The van der Waals surface area contributed by atoms with Gasteiger partial charge in [0.1, 0.15) is 12.1 Å². The Balaban J connectivity index is 1.80. The molecule has 0 saturated heterocycles. The first-order valence-corrected chi connectivity index (χ1v) is 11.4. The number of carbonyl (C=O) groups is 3. The Morgan fingerprint density at radius 3 is 2.41 bits per heavy atom. The number of hydrogen-bond donors (Lipinski definition) is 4. The van der Waals surface area contributed by atoms with Gasteiger partial charge < -0.3 is 25.8 Å². The van der Waals surface area contributed by atoms with Gasteiger partial charge in [-0.15, -0.1) is 0 Å². The van der Waals surface area contributed by atoms with Crippen LogP contribution < -0.4 is 11.1 Å². The molecule has 4 rings (SSSR count). The van der Waals surface area contributed by atoms with Gasteiger partial charge in [-0.2, -0.15) is 0 Å². The third kappa shape index (κ3) is 4.07. The number of para-hydroxylation sites is 1. The maximum atomic E-state index is 13.4. The molecule has 0 radical (unpaired) electrons. The summed E-state index contributed by atoms with van der Waals surface area (Å²) in [6.45, 7) is 5.43. The van der Waals surface area contributed by atoms with E-state index in [0.717, 1.165) is 20.9 Å². The molecule has 176 valence electrons. The Labute approximate surface area is 204 Å². The minimum Gasteiger partial charge on any atom is -0.447 e. The van der Waals surface area contributed by atoms with Gasteiger partial charge in [0.25, 0.3) is 11.7 Å². The van der Waals surface area contributed by atoms with Crippen molar-refractivity contribution < 1.29 is 19.1 Å². The van der Waals surface area contributed by atoms with Gasteiger partial charge >= 0.3 is 6.09 Å². The number of amides is 2. The molecule has 5 N–H and O–H groups in total. The van der Waals surface area contributed by atoms with E-state index in [1.54, 1.807) is 18.3 Å². The van der Waals surface area contributed by atoms with Gasteiger partial charge in [-0.1, -0.05) is 61.0 Å². The van der Waals surface area contributed by atoms with E-state index < -0.39 is 28.7 Å². The molecule has 4 aromatic rings. The number of benzene rings is 2. The smallest absolute Gasteiger partial charge is 0.404 e. The summed E-state index contributed by atoms with van der Waals surface area (Å²) in [5.74, 6) is -1.53. The molecule has 0 fully saturated rings. The van der Waals surface area contributed by atoms with Crippen molar-refractivity contribution in [1.29, 1.82) is 0 Å². The number of carbonyl (C=O) groups excluding carboxylic acids is 3. The van der Waals surface area contributed by atoms with Crippen LogP contribution in [0.1, 0.15) is 36.7 Å². The first kappa shape index (κ1) is 23.6. The van der Waals surface area contributed by atoms with E-state index in [9.17, 15) is 14.4 Å². The van der Waals surface area contributed by atoms with Crippen LogP contribution in [-0.2, 0) is 15.1 Å². The summed E-state index contributed by atoms with van der Waals surface area (Å²) in [5, 5.41) is 4.38. The highest BCUT2D eigenvalue weighted by atomic mass is 79.9. The maximum Gasteiger partial charge on any atom is 0.404 e. The summed E-state index contributed by atoms with van der Waals surface area (Å²) < 4.78 is 6.10. The molecule has 1 atom stereocenters. The molecular formula is C25H25BrN4O4. The molecule has 0 spiro atoms. The van der Waals surface area contributed by atoms with E-state index in [1.807, 2.05) is 51.1 Å². The van der Waals surface area contributed by atoms with Crippen LogP contribution in [0.3, 0.4) is 0 Å². The van der Waals surface area contributed by atoms with Crippen LogP contribution in [-0.4, -0.2) is 34.4 Å². The molecule has 2 heterocycles.